The Bertz CT molecular complexity index is 463. The van der Waals surface area contributed by atoms with Gasteiger partial charge in [0.15, 0.2) is 0 Å². The van der Waals surface area contributed by atoms with E-state index in [1.54, 1.807) is 12.1 Å². The van der Waals surface area contributed by atoms with Crippen molar-refractivity contribution in [3.63, 3.8) is 0 Å². The van der Waals surface area contributed by atoms with Gasteiger partial charge in [-0.25, -0.2) is 0 Å². The first-order valence-electron chi connectivity index (χ1n) is 6.39. The molecule has 1 aliphatic heterocycles. The van der Waals surface area contributed by atoms with Crippen LogP contribution in [0.15, 0.2) is 18.2 Å². The number of nitrogens with zero attached hydrogens (tertiary/aromatic N) is 1. The molecule has 18 heavy (non-hydrogen) atoms. The van der Waals surface area contributed by atoms with Crippen molar-refractivity contribution in [2.24, 2.45) is 5.41 Å². The Hall–Kier alpha value is -1.58. The van der Waals surface area contributed by atoms with Crippen LogP contribution in [0, 0.1) is 15.5 Å². The summed E-state index contributed by atoms with van der Waals surface area (Å²) in [5.41, 5.74) is 2.66. The van der Waals surface area contributed by atoms with E-state index in [9.17, 15) is 10.1 Å². The molecule has 1 aromatic carbocycles. The molecule has 0 aromatic heterocycles. The summed E-state index contributed by atoms with van der Waals surface area (Å²) in [5.74, 6) is 0.402. The van der Waals surface area contributed by atoms with Gasteiger partial charge in [-0.2, -0.15) is 0 Å². The topological polar surface area (TPSA) is 55.2 Å². The van der Waals surface area contributed by atoms with Crippen LogP contribution < -0.4 is 5.32 Å². The van der Waals surface area contributed by atoms with E-state index in [1.807, 2.05) is 6.07 Å². The second kappa shape index (κ2) is 4.59. The van der Waals surface area contributed by atoms with Crippen molar-refractivity contribution in [2.75, 3.05) is 11.9 Å². The number of non-ortho nitro benzene ring substituents is 1. The summed E-state index contributed by atoms with van der Waals surface area (Å²) >= 11 is 0. The van der Waals surface area contributed by atoms with Crippen molar-refractivity contribution in [3.05, 3.63) is 33.9 Å². The van der Waals surface area contributed by atoms with E-state index in [4.69, 9.17) is 0 Å². The van der Waals surface area contributed by atoms with Crippen molar-refractivity contribution < 1.29 is 4.92 Å². The molecule has 98 valence electrons. The SMILES string of the molecule is CC(C)(C)CCC1CNc2ccc([N+](=O)[O-])cc21. The molecule has 0 bridgehead atoms. The van der Waals surface area contributed by atoms with Crippen molar-refractivity contribution in [3.8, 4) is 0 Å². The lowest BCUT2D eigenvalue weighted by atomic mass is 9.85. The van der Waals surface area contributed by atoms with Crippen LogP contribution in [0.3, 0.4) is 0 Å². The number of nitrogens with one attached hydrogen (secondary N) is 1. The standard InChI is InChI=1S/C14H20N2O2/c1-14(2,3)7-6-10-9-15-13-5-4-11(16(17)18)8-12(10)13/h4-5,8,10,15H,6-7,9H2,1-3H3. The fourth-order valence-corrected chi connectivity index (χ4v) is 2.37. The third kappa shape index (κ3) is 2.81. The summed E-state index contributed by atoms with van der Waals surface area (Å²) in [5, 5.41) is 14.1. The van der Waals surface area contributed by atoms with E-state index in [1.165, 1.54) is 0 Å². The molecule has 1 heterocycles. The Morgan fingerprint density at radius 3 is 2.78 bits per heavy atom. The van der Waals surface area contributed by atoms with Crippen molar-refractivity contribution >= 4 is 11.4 Å². The average Bonchev–Trinajstić information content (AvgIpc) is 2.67. The van der Waals surface area contributed by atoms with Crippen LogP contribution >= 0.6 is 0 Å². The zero-order valence-electron chi connectivity index (χ0n) is 11.2. The van der Waals surface area contributed by atoms with Crippen LogP contribution in [0.1, 0.15) is 45.1 Å². The number of nitro benzene ring substituents is 1. The maximum Gasteiger partial charge on any atom is 0.269 e. The van der Waals surface area contributed by atoms with Crippen LogP contribution in [0.2, 0.25) is 0 Å². The highest BCUT2D eigenvalue weighted by Crippen LogP contribution is 2.38. The molecule has 1 aliphatic rings. The average molecular weight is 248 g/mol. The van der Waals surface area contributed by atoms with Crippen molar-refractivity contribution in [1.29, 1.82) is 0 Å². The molecule has 2 rings (SSSR count). The van der Waals surface area contributed by atoms with E-state index < -0.39 is 0 Å². The second-order valence-corrected chi connectivity index (χ2v) is 6.21. The van der Waals surface area contributed by atoms with Gasteiger partial charge in [-0.05, 0) is 29.9 Å². The van der Waals surface area contributed by atoms with E-state index >= 15 is 0 Å². The minimum atomic E-state index is -0.320. The lowest BCUT2D eigenvalue weighted by molar-refractivity contribution is -0.384. The molecule has 0 spiro atoms. The monoisotopic (exact) mass is 248 g/mol. The largest absolute Gasteiger partial charge is 0.384 e. The molecule has 0 saturated heterocycles. The molecular weight excluding hydrogens is 228 g/mol. The van der Waals surface area contributed by atoms with Gasteiger partial charge in [-0.1, -0.05) is 20.8 Å². The van der Waals surface area contributed by atoms with Crippen molar-refractivity contribution in [2.45, 2.75) is 39.5 Å². The molecule has 0 aliphatic carbocycles. The predicted molar refractivity (Wildman–Crippen MR) is 73.0 cm³/mol. The van der Waals surface area contributed by atoms with Gasteiger partial charge < -0.3 is 5.32 Å². The van der Waals surface area contributed by atoms with E-state index in [0.29, 0.717) is 11.3 Å². The summed E-state index contributed by atoms with van der Waals surface area (Å²) < 4.78 is 0. The molecule has 0 amide bonds. The minimum absolute atomic E-state index is 0.193. The van der Waals surface area contributed by atoms with E-state index in [2.05, 4.69) is 26.1 Å². The summed E-state index contributed by atoms with van der Waals surface area (Å²) in [6, 6.07) is 5.12. The molecule has 4 heteroatoms. The summed E-state index contributed by atoms with van der Waals surface area (Å²) in [6.07, 6.45) is 2.20. The highest BCUT2D eigenvalue weighted by Gasteiger charge is 2.25. The maximum absolute atomic E-state index is 10.8. The molecule has 0 radical (unpaired) electrons. The van der Waals surface area contributed by atoms with Crippen LogP contribution in [-0.4, -0.2) is 11.5 Å². The zero-order valence-corrected chi connectivity index (χ0v) is 11.2. The van der Waals surface area contributed by atoms with Crippen LogP contribution in [0.25, 0.3) is 0 Å². The Balaban J connectivity index is 2.16. The first-order valence-corrected chi connectivity index (χ1v) is 6.39. The lowest BCUT2D eigenvalue weighted by Gasteiger charge is -2.20. The Morgan fingerprint density at radius 1 is 1.44 bits per heavy atom. The zero-order chi connectivity index (χ0) is 13.3. The Labute approximate surface area is 108 Å². The minimum Gasteiger partial charge on any atom is -0.384 e. The molecule has 1 N–H and O–H groups in total. The number of rotatable bonds is 3. The van der Waals surface area contributed by atoms with Gasteiger partial charge in [0.1, 0.15) is 0 Å². The second-order valence-electron chi connectivity index (χ2n) is 6.21. The third-order valence-corrected chi connectivity index (χ3v) is 3.47. The summed E-state index contributed by atoms with van der Waals surface area (Å²) in [6.45, 7) is 7.57. The van der Waals surface area contributed by atoms with Crippen LogP contribution in [-0.2, 0) is 0 Å². The van der Waals surface area contributed by atoms with Crippen molar-refractivity contribution in [1.82, 2.24) is 0 Å². The smallest absolute Gasteiger partial charge is 0.269 e. The van der Waals surface area contributed by atoms with Gasteiger partial charge in [0, 0.05) is 30.3 Å². The molecule has 0 fully saturated rings. The number of fused-ring (bicyclic) bond motifs is 1. The fraction of sp³-hybridized carbons (Fsp3) is 0.571. The van der Waals surface area contributed by atoms with E-state index in [-0.39, 0.29) is 10.6 Å². The predicted octanol–water partition coefficient (Wildman–Crippen LogP) is 3.93. The van der Waals surface area contributed by atoms with Gasteiger partial charge in [0.2, 0.25) is 0 Å². The van der Waals surface area contributed by atoms with E-state index in [0.717, 1.165) is 30.6 Å². The van der Waals surface area contributed by atoms with Gasteiger partial charge in [0.05, 0.1) is 4.92 Å². The number of anilines is 1. The van der Waals surface area contributed by atoms with Gasteiger partial charge in [-0.15, -0.1) is 0 Å². The first-order chi connectivity index (χ1) is 8.37. The quantitative estimate of drug-likeness (QED) is 0.651. The number of hydrogen-bond donors (Lipinski definition) is 1. The molecule has 1 atom stereocenters. The molecule has 4 nitrogen and oxygen atoms in total. The third-order valence-electron chi connectivity index (χ3n) is 3.47. The van der Waals surface area contributed by atoms with Crippen LogP contribution in [0.4, 0.5) is 11.4 Å². The highest BCUT2D eigenvalue weighted by atomic mass is 16.6. The first kappa shape index (κ1) is 12.9. The summed E-state index contributed by atoms with van der Waals surface area (Å²) in [4.78, 5) is 10.5. The molecule has 1 aromatic rings. The summed E-state index contributed by atoms with van der Waals surface area (Å²) in [7, 11) is 0. The van der Waals surface area contributed by atoms with Gasteiger partial charge in [0.25, 0.3) is 5.69 Å². The van der Waals surface area contributed by atoms with Gasteiger partial charge in [-0.3, -0.25) is 10.1 Å². The fourth-order valence-electron chi connectivity index (χ4n) is 2.37. The highest BCUT2D eigenvalue weighted by molar-refractivity contribution is 5.61. The molecular formula is C14H20N2O2. The van der Waals surface area contributed by atoms with Crippen LogP contribution in [0.5, 0.6) is 0 Å². The number of nitro groups is 1. The lowest BCUT2D eigenvalue weighted by Crippen LogP contribution is -2.09. The van der Waals surface area contributed by atoms with Gasteiger partial charge >= 0.3 is 0 Å². The molecule has 1 unspecified atom stereocenters. The number of benzene rings is 1. The normalized spacial score (nSPS) is 18.3. The number of hydrogen-bond acceptors (Lipinski definition) is 3. The molecule has 0 saturated carbocycles. The maximum atomic E-state index is 10.8. The Morgan fingerprint density at radius 2 is 2.17 bits per heavy atom. The Kier molecular flexibility index (Phi) is 3.28.